The topological polar surface area (TPSA) is 348 Å². The molecule has 8 amide bonds. The van der Waals surface area contributed by atoms with E-state index in [0.717, 1.165) is 70.5 Å². The lowest BCUT2D eigenvalue weighted by atomic mass is 9.39. The molecule has 4 atom stereocenters. The van der Waals surface area contributed by atoms with Gasteiger partial charge in [-0.15, -0.1) is 0 Å². The second-order valence-electron chi connectivity index (χ2n) is 28.6. The molecule has 4 saturated carbocycles. The van der Waals surface area contributed by atoms with Gasteiger partial charge in [-0.3, -0.25) is 53.4 Å². The Morgan fingerprint density at radius 2 is 1.43 bits per heavy atom. The average Bonchev–Trinajstić information content (AvgIpc) is 0.735. The lowest BCUT2D eigenvalue weighted by Crippen LogP contribution is -2.64. The number of nitrogens with two attached hydrogens (primary N) is 1. The Morgan fingerprint density at radius 1 is 0.750 bits per heavy atom. The number of ether oxygens (including phenoxy) is 6. The minimum Gasteiger partial charge on any atom is -0.476 e. The van der Waals surface area contributed by atoms with Gasteiger partial charge in [0.1, 0.15) is 24.5 Å². The van der Waals surface area contributed by atoms with Crippen molar-refractivity contribution < 1.29 is 76.7 Å². The van der Waals surface area contributed by atoms with Crippen LogP contribution in [-0.2, 0) is 83.3 Å². The van der Waals surface area contributed by atoms with Gasteiger partial charge in [-0.2, -0.15) is 5.10 Å². The number of carboxylic acid groups (broad SMARTS) is 1. The highest BCUT2D eigenvalue weighted by Crippen LogP contribution is 2.72. The molecular formula is C75H92N12O16S. The van der Waals surface area contributed by atoms with Gasteiger partial charge in [0.25, 0.3) is 17.7 Å². The quantitative estimate of drug-likeness (QED) is 0.0189. The van der Waals surface area contributed by atoms with Crippen molar-refractivity contribution in [1.29, 1.82) is 0 Å². The predicted molar refractivity (Wildman–Crippen MR) is 385 cm³/mol. The Bertz CT molecular complexity index is 4150. The first-order valence-corrected chi connectivity index (χ1v) is 36.1. The van der Waals surface area contributed by atoms with Crippen molar-refractivity contribution in [2.45, 2.75) is 130 Å². The maximum Gasteiger partial charge on any atom is 0.409 e. The first-order valence-electron chi connectivity index (χ1n) is 35.2. The molecule has 28 nitrogen and oxygen atoms in total. The standard InChI is InChI=1S/C75H92N12O16S/c1-48(79-62(89)24-29-98-32-34-100-36-37-101-35-33-99-30-25-77-61(88)23-27-85-63(90)20-21-64(85)91)68(94)87(50(3)66(76)92)53-16-14-51(15-17-53)40-102-71(97)83(6)28-31-103-75-44-72(4)41-73(5,45-75)43-74(42-72,46-75)47-86-49(2)56(38-78-86)54-18-19-60(81-65(54)69(95)96)84-26-22-52-10-9-11-55(57(52)39-84)67(93)82-70-80-58-12-7-8-13-59(58)104-70/h7-21,38,48,50H,22-37,39-47H2,1-6H3,(H2,76,92)(H,77,88)(H,79,89)(H,95,96)(H,80,82,93)/t48-,50-,72?,73?,74?,75?/m0/s1. The number of amides is 8. The van der Waals surface area contributed by atoms with Crippen molar-refractivity contribution in [3.05, 3.63) is 131 Å². The van der Waals surface area contributed by atoms with Crippen molar-refractivity contribution in [1.82, 2.24) is 40.2 Å². The number of pyridine rings is 1. The van der Waals surface area contributed by atoms with Crippen molar-refractivity contribution in [3.8, 4) is 11.1 Å². The number of carboxylic acids is 1. The fourth-order valence-electron chi connectivity index (χ4n) is 16.3. The summed E-state index contributed by atoms with van der Waals surface area (Å²) in [4.78, 5) is 130. The van der Waals surface area contributed by atoms with E-state index in [0.29, 0.717) is 91.4 Å². The molecule has 0 radical (unpaired) electrons. The molecule has 4 bridgehead atoms. The number of benzene rings is 3. The average molecular weight is 1450 g/mol. The van der Waals surface area contributed by atoms with E-state index in [-0.39, 0.29) is 106 Å². The molecule has 12 rings (SSSR count). The zero-order valence-electron chi connectivity index (χ0n) is 59.7. The number of rotatable bonds is 36. The highest BCUT2D eigenvalue weighted by molar-refractivity contribution is 7.22. The summed E-state index contributed by atoms with van der Waals surface area (Å²) in [7, 11) is 1.66. The second kappa shape index (κ2) is 33.1. The summed E-state index contributed by atoms with van der Waals surface area (Å²) in [6, 6.07) is 21.6. The van der Waals surface area contributed by atoms with Crippen LogP contribution in [0.15, 0.2) is 97.2 Å². The minimum absolute atomic E-state index is 0.00108. The van der Waals surface area contributed by atoms with Crippen LogP contribution in [0.3, 0.4) is 0 Å². The van der Waals surface area contributed by atoms with Crippen LogP contribution in [0.25, 0.3) is 21.3 Å². The smallest absolute Gasteiger partial charge is 0.409 e. The number of imide groups is 1. The van der Waals surface area contributed by atoms with E-state index in [9.17, 15) is 48.3 Å². The zero-order chi connectivity index (χ0) is 73.9. The number of nitrogens with zero attached hydrogens (tertiary/aromatic N) is 8. The lowest BCUT2D eigenvalue weighted by molar-refractivity contribution is -0.248. The number of aromatic nitrogens is 4. The van der Waals surface area contributed by atoms with Crippen molar-refractivity contribution in [3.63, 3.8) is 0 Å². The van der Waals surface area contributed by atoms with E-state index in [1.165, 1.54) is 47.1 Å². The Balaban J connectivity index is 0.601. The maximum absolute atomic E-state index is 13.9. The number of primary amides is 1. The molecule has 3 aromatic carbocycles. The molecule has 104 heavy (non-hydrogen) atoms. The normalized spacial score (nSPS) is 20.7. The molecule has 6 aromatic rings. The van der Waals surface area contributed by atoms with Crippen molar-refractivity contribution in [2.75, 3.05) is 108 Å². The zero-order valence-corrected chi connectivity index (χ0v) is 60.5. The van der Waals surface area contributed by atoms with E-state index in [4.69, 9.17) is 44.2 Å². The van der Waals surface area contributed by atoms with Crippen LogP contribution in [0.4, 0.5) is 21.4 Å². The molecular weight excluding hydrogens is 1360 g/mol. The van der Waals surface area contributed by atoms with Gasteiger partial charge in [-0.1, -0.05) is 61.6 Å². The number of anilines is 3. The van der Waals surface area contributed by atoms with Crippen LogP contribution in [0, 0.1) is 23.2 Å². The number of carbonyl (C=O) groups excluding carboxylic acids is 8. The van der Waals surface area contributed by atoms with Crippen LogP contribution in [0.2, 0.25) is 0 Å². The largest absolute Gasteiger partial charge is 0.476 e. The second-order valence-corrected chi connectivity index (χ2v) is 29.7. The summed E-state index contributed by atoms with van der Waals surface area (Å²) in [6.07, 6.45) is 9.78. The van der Waals surface area contributed by atoms with Gasteiger partial charge >= 0.3 is 12.1 Å². The molecule has 6 N–H and O–H groups in total. The Labute approximate surface area is 607 Å². The number of hydrogen-bond donors (Lipinski definition) is 5. The molecule has 5 heterocycles. The van der Waals surface area contributed by atoms with E-state index in [1.807, 2.05) is 71.1 Å². The van der Waals surface area contributed by atoms with Crippen LogP contribution in [-0.4, -0.2) is 198 Å². The lowest BCUT2D eigenvalue weighted by Gasteiger charge is -2.69. The first-order chi connectivity index (χ1) is 49.8. The molecule has 554 valence electrons. The molecule has 4 fully saturated rings. The number of carbonyl (C=O) groups is 9. The van der Waals surface area contributed by atoms with Gasteiger partial charge in [-0.05, 0) is 141 Å². The number of aromatic carboxylic acids is 1. The summed E-state index contributed by atoms with van der Waals surface area (Å²) in [5, 5.41) is 24.5. The summed E-state index contributed by atoms with van der Waals surface area (Å²) in [5.74, 6) is -3.87. The van der Waals surface area contributed by atoms with E-state index in [2.05, 4.69) is 34.8 Å². The van der Waals surface area contributed by atoms with E-state index < -0.39 is 59.3 Å². The number of hydrogen-bond acceptors (Lipinski definition) is 20. The number of nitrogens with one attached hydrogen (secondary N) is 3. The van der Waals surface area contributed by atoms with Crippen molar-refractivity contribution >= 4 is 91.6 Å². The van der Waals surface area contributed by atoms with Crippen LogP contribution in [0.5, 0.6) is 0 Å². The number of para-hydroxylation sites is 1. The molecule has 6 aliphatic rings. The third-order valence-electron chi connectivity index (χ3n) is 20.1. The van der Waals surface area contributed by atoms with Gasteiger partial charge < -0.3 is 59.7 Å². The Hall–Kier alpha value is -9.52. The highest BCUT2D eigenvalue weighted by atomic mass is 32.1. The summed E-state index contributed by atoms with van der Waals surface area (Å²) in [6.45, 7) is 14.0. The van der Waals surface area contributed by atoms with Crippen LogP contribution < -0.4 is 31.5 Å². The summed E-state index contributed by atoms with van der Waals surface area (Å²) >= 11 is 1.41. The number of fused-ring (bicyclic) bond motifs is 2. The molecule has 3 aromatic heterocycles. The maximum atomic E-state index is 13.9. The molecule has 0 saturated heterocycles. The predicted octanol–water partition coefficient (Wildman–Crippen LogP) is 7.38. The highest BCUT2D eigenvalue weighted by Gasteiger charge is 2.66. The summed E-state index contributed by atoms with van der Waals surface area (Å²) in [5.41, 5.74) is 11.2. The third kappa shape index (κ3) is 18.3. The number of thiazole rings is 1. The van der Waals surface area contributed by atoms with E-state index >= 15 is 0 Å². The van der Waals surface area contributed by atoms with Crippen LogP contribution in [0.1, 0.15) is 122 Å². The van der Waals surface area contributed by atoms with Gasteiger partial charge in [0.2, 0.25) is 23.6 Å². The third-order valence-corrected chi connectivity index (χ3v) is 21.1. The van der Waals surface area contributed by atoms with Crippen molar-refractivity contribution in [2.24, 2.45) is 22.0 Å². The van der Waals surface area contributed by atoms with Gasteiger partial charge in [0.05, 0.1) is 81.5 Å². The first kappa shape index (κ1) is 75.6. The molecule has 2 unspecified atom stereocenters. The summed E-state index contributed by atoms with van der Waals surface area (Å²) < 4.78 is 37.7. The molecule has 4 aliphatic carbocycles. The monoisotopic (exact) mass is 1450 g/mol. The van der Waals surface area contributed by atoms with Gasteiger partial charge in [-0.25, -0.2) is 19.6 Å². The molecule has 2 aliphatic heterocycles. The fraction of sp³-hybridized carbons (Fsp3) is 0.493. The molecule has 29 heteroatoms. The number of likely N-dealkylation sites (N-methyl/N-ethyl adjacent to an activating group) is 1. The molecule has 0 spiro atoms. The minimum atomic E-state index is -1.16. The van der Waals surface area contributed by atoms with Gasteiger partial charge in [0.15, 0.2) is 10.8 Å². The van der Waals surface area contributed by atoms with Crippen LogP contribution >= 0.6 is 11.3 Å². The Morgan fingerprint density at radius 3 is 2.12 bits per heavy atom. The Kier molecular flexibility index (Phi) is 24.1. The fourth-order valence-corrected chi connectivity index (χ4v) is 17.2. The SMILES string of the molecule is Cc1c(-c2ccc(N3CCc4cccc(C(=O)Nc5nc6ccccc6s5)c4C3)nc2C(=O)O)cnn1CC12CC3(C)CC(C)(C1)CC(OCCN(C)C(=O)OCc1ccc(N(C(=O)[C@H](C)NC(=O)CCOCCOCCOCCOCCNC(=O)CCN4C(=O)C=CC4=O)[C@@H](C)C(N)=O)cc1)(C3)C2. The van der Waals surface area contributed by atoms with E-state index in [1.54, 1.807) is 37.5 Å². The van der Waals surface area contributed by atoms with Gasteiger partial charge in [0, 0.05) is 99.4 Å².